The molecule has 5 nitrogen and oxygen atoms in total. The first-order chi connectivity index (χ1) is 7.91. The van der Waals surface area contributed by atoms with Crippen LogP contribution >= 0.6 is 0 Å². The fraction of sp³-hybridized carbons (Fsp3) is 0.455. The van der Waals surface area contributed by atoms with Gasteiger partial charge in [-0.1, -0.05) is 18.2 Å². The van der Waals surface area contributed by atoms with Gasteiger partial charge in [0.15, 0.2) is 0 Å². The molecule has 1 heterocycles. The quantitative estimate of drug-likeness (QED) is 0.734. The Morgan fingerprint density at radius 2 is 2.06 bits per heavy atom. The molecular weight excluding hydrogens is 242 g/mol. The van der Waals surface area contributed by atoms with Crippen molar-refractivity contribution in [3.05, 3.63) is 29.8 Å². The molecule has 1 aromatic carbocycles. The maximum absolute atomic E-state index is 10.6. The Morgan fingerprint density at radius 1 is 1.41 bits per heavy atom. The summed E-state index contributed by atoms with van der Waals surface area (Å²) in [5.41, 5.74) is 5.96. The van der Waals surface area contributed by atoms with Gasteiger partial charge in [0.1, 0.15) is 0 Å². The summed E-state index contributed by atoms with van der Waals surface area (Å²) in [4.78, 5) is -0.0278. The Morgan fingerprint density at radius 3 is 2.35 bits per heavy atom. The summed E-state index contributed by atoms with van der Waals surface area (Å²) in [5.74, 6) is 0. The third kappa shape index (κ3) is 4.82. The molecule has 0 bridgehead atoms. The molecule has 0 saturated carbocycles. The summed E-state index contributed by atoms with van der Waals surface area (Å²) < 4.78 is 34.8. The maximum Gasteiger partial charge on any atom is 0.294 e. The summed E-state index contributed by atoms with van der Waals surface area (Å²) in [6, 6.07) is 6.60. The molecule has 0 amide bonds. The van der Waals surface area contributed by atoms with Gasteiger partial charge in [-0.15, -0.1) is 0 Å². The monoisotopic (exact) mass is 259 g/mol. The van der Waals surface area contributed by atoms with Gasteiger partial charge in [-0.2, -0.15) is 8.42 Å². The highest BCUT2D eigenvalue weighted by Crippen LogP contribution is 2.12. The number of ether oxygens (including phenoxy) is 1. The molecule has 0 radical (unpaired) electrons. The lowest BCUT2D eigenvalue weighted by atomic mass is 10.2. The van der Waals surface area contributed by atoms with Crippen LogP contribution in [0, 0.1) is 6.92 Å². The van der Waals surface area contributed by atoms with Crippen molar-refractivity contribution in [3.8, 4) is 0 Å². The zero-order chi connectivity index (χ0) is 12.9. The predicted molar refractivity (Wildman–Crippen MR) is 64.4 cm³/mol. The predicted octanol–water partition coefficient (Wildman–Crippen LogP) is 0.976. The van der Waals surface area contributed by atoms with Gasteiger partial charge in [-0.25, -0.2) is 0 Å². The molecule has 1 aliphatic heterocycles. The minimum Gasteiger partial charge on any atom is -0.380 e. The Balaban J connectivity index is 0.000000202. The second-order valence-corrected chi connectivity index (χ2v) is 5.25. The molecule has 3 N–H and O–H groups in total. The van der Waals surface area contributed by atoms with Crippen molar-refractivity contribution in [2.45, 2.75) is 24.3 Å². The highest BCUT2D eigenvalue weighted by molar-refractivity contribution is 7.85. The number of nitrogens with two attached hydrogens (primary N) is 1. The second-order valence-electron chi connectivity index (χ2n) is 3.86. The lowest BCUT2D eigenvalue weighted by Gasteiger charge is -1.99. The number of benzene rings is 1. The van der Waals surface area contributed by atoms with Crippen LogP contribution in [0.2, 0.25) is 0 Å². The lowest BCUT2D eigenvalue weighted by molar-refractivity contribution is 0.194. The van der Waals surface area contributed by atoms with E-state index in [9.17, 15) is 8.42 Å². The van der Waals surface area contributed by atoms with E-state index >= 15 is 0 Å². The Bertz CT molecular complexity index is 452. The first kappa shape index (κ1) is 14.1. The first-order valence-corrected chi connectivity index (χ1v) is 6.71. The normalized spacial score (nSPS) is 19.6. The molecule has 1 atom stereocenters. The van der Waals surface area contributed by atoms with Crippen molar-refractivity contribution in [2.75, 3.05) is 13.2 Å². The molecule has 96 valence electrons. The standard InChI is InChI=1S/C7H8O3S.C4H9NO/c1-6-4-2-3-5-7(6)11(8,9)10;5-4-1-2-6-3-4/h2-5H,1H3,(H,8,9,10);4H,1-3,5H2. The minimum absolute atomic E-state index is 0.0278. The Kier molecular flexibility index (Phi) is 5.07. The number of hydrogen-bond acceptors (Lipinski definition) is 4. The summed E-state index contributed by atoms with van der Waals surface area (Å²) in [5, 5.41) is 0. The molecule has 17 heavy (non-hydrogen) atoms. The molecule has 0 spiro atoms. The Labute approximate surface area is 101 Å². The number of aryl methyl sites for hydroxylation is 1. The molecule has 1 fully saturated rings. The fourth-order valence-electron chi connectivity index (χ4n) is 1.40. The zero-order valence-corrected chi connectivity index (χ0v) is 10.5. The smallest absolute Gasteiger partial charge is 0.294 e. The largest absolute Gasteiger partial charge is 0.380 e. The zero-order valence-electron chi connectivity index (χ0n) is 9.67. The lowest BCUT2D eigenvalue weighted by Crippen LogP contribution is -2.18. The Hall–Kier alpha value is -0.950. The summed E-state index contributed by atoms with van der Waals surface area (Å²) in [6.07, 6.45) is 1.04. The van der Waals surface area contributed by atoms with Gasteiger partial charge in [0, 0.05) is 12.6 Å². The third-order valence-corrected chi connectivity index (χ3v) is 3.35. The molecule has 2 rings (SSSR count). The van der Waals surface area contributed by atoms with Crippen molar-refractivity contribution in [2.24, 2.45) is 5.73 Å². The van der Waals surface area contributed by atoms with Crippen LogP contribution in [0.4, 0.5) is 0 Å². The second kappa shape index (κ2) is 6.11. The molecule has 1 unspecified atom stereocenters. The third-order valence-electron chi connectivity index (χ3n) is 2.34. The van der Waals surface area contributed by atoms with Gasteiger partial charge in [0.05, 0.1) is 11.5 Å². The average molecular weight is 259 g/mol. The fourth-order valence-corrected chi connectivity index (χ4v) is 2.12. The van der Waals surface area contributed by atoms with E-state index in [0.717, 1.165) is 19.6 Å². The van der Waals surface area contributed by atoms with E-state index in [0.29, 0.717) is 11.6 Å². The van der Waals surface area contributed by atoms with Gasteiger partial charge in [-0.05, 0) is 25.0 Å². The summed E-state index contributed by atoms with van der Waals surface area (Å²) in [6.45, 7) is 3.25. The van der Waals surface area contributed by atoms with E-state index in [1.54, 1.807) is 25.1 Å². The number of hydrogen-bond donors (Lipinski definition) is 2. The van der Waals surface area contributed by atoms with Gasteiger partial charge in [-0.3, -0.25) is 4.55 Å². The molecule has 1 saturated heterocycles. The maximum atomic E-state index is 10.6. The van der Waals surface area contributed by atoms with Crippen molar-refractivity contribution >= 4 is 10.1 Å². The van der Waals surface area contributed by atoms with Crippen LogP contribution in [-0.2, 0) is 14.9 Å². The van der Waals surface area contributed by atoms with E-state index < -0.39 is 10.1 Å². The molecular formula is C11H17NO4S. The molecule has 0 aliphatic carbocycles. The van der Waals surface area contributed by atoms with E-state index in [4.69, 9.17) is 15.0 Å². The highest BCUT2D eigenvalue weighted by atomic mass is 32.2. The van der Waals surface area contributed by atoms with Crippen LogP contribution in [0.5, 0.6) is 0 Å². The highest BCUT2D eigenvalue weighted by Gasteiger charge is 2.10. The summed E-state index contributed by atoms with van der Waals surface area (Å²) in [7, 11) is -4.03. The van der Waals surface area contributed by atoms with Crippen LogP contribution in [0.1, 0.15) is 12.0 Å². The minimum atomic E-state index is -4.03. The topological polar surface area (TPSA) is 89.6 Å². The van der Waals surface area contributed by atoms with Crippen molar-refractivity contribution < 1.29 is 17.7 Å². The SMILES string of the molecule is Cc1ccccc1S(=O)(=O)O.NC1CCOC1. The van der Waals surface area contributed by atoms with Crippen LogP contribution in [0.15, 0.2) is 29.2 Å². The van der Waals surface area contributed by atoms with E-state index in [1.165, 1.54) is 6.07 Å². The van der Waals surface area contributed by atoms with E-state index in [1.807, 2.05) is 0 Å². The van der Waals surface area contributed by atoms with Crippen LogP contribution in [0.3, 0.4) is 0 Å². The van der Waals surface area contributed by atoms with Crippen LogP contribution in [-0.4, -0.2) is 32.2 Å². The number of rotatable bonds is 1. The van der Waals surface area contributed by atoms with E-state index in [-0.39, 0.29) is 4.90 Å². The molecule has 6 heteroatoms. The first-order valence-electron chi connectivity index (χ1n) is 5.27. The van der Waals surface area contributed by atoms with Crippen LogP contribution < -0.4 is 5.73 Å². The average Bonchev–Trinajstić information content (AvgIpc) is 2.69. The molecule has 1 aromatic rings. The van der Waals surface area contributed by atoms with Crippen molar-refractivity contribution in [1.82, 2.24) is 0 Å². The molecule has 1 aliphatic rings. The molecule has 0 aromatic heterocycles. The van der Waals surface area contributed by atoms with Gasteiger partial charge in [0.2, 0.25) is 0 Å². The van der Waals surface area contributed by atoms with Crippen molar-refractivity contribution in [1.29, 1.82) is 0 Å². The van der Waals surface area contributed by atoms with Crippen molar-refractivity contribution in [3.63, 3.8) is 0 Å². The summed E-state index contributed by atoms with van der Waals surface area (Å²) >= 11 is 0. The van der Waals surface area contributed by atoms with E-state index in [2.05, 4.69) is 0 Å². The van der Waals surface area contributed by atoms with Gasteiger partial charge < -0.3 is 10.5 Å². The van der Waals surface area contributed by atoms with Gasteiger partial charge >= 0.3 is 0 Å². The van der Waals surface area contributed by atoms with Gasteiger partial charge in [0.25, 0.3) is 10.1 Å². The van der Waals surface area contributed by atoms with Crippen LogP contribution in [0.25, 0.3) is 0 Å².